The average molecular weight is 631 g/mol. The monoisotopic (exact) mass is 629 g/mol. The predicted octanol–water partition coefficient (Wildman–Crippen LogP) is 6.08. The maximum atomic E-state index is 14.3. The molecule has 7 nitrogen and oxygen atoms in total. The molecule has 3 aromatic carbocycles. The molecule has 0 aliphatic heterocycles. The zero-order chi connectivity index (χ0) is 30.4. The van der Waals surface area contributed by atoms with Gasteiger partial charge in [-0.15, -0.1) is 0 Å². The average Bonchev–Trinajstić information content (AvgIpc) is 3.45. The van der Waals surface area contributed by atoms with E-state index in [1.54, 1.807) is 31.2 Å². The van der Waals surface area contributed by atoms with Crippen LogP contribution in [0.2, 0.25) is 10.0 Å². The minimum Gasteiger partial charge on any atom is -0.352 e. The number of nitrogens with one attached hydrogen (secondary N) is 1. The molecule has 1 N–H and O–H groups in total. The van der Waals surface area contributed by atoms with Crippen molar-refractivity contribution in [3.63, 3.8) is 0 Å². The molecule has 0 radical (unpaired) electrons. The molecular formula is C32H37Cl2N3O4S. The summed E-state index contributed by atoms with van der Waals surface area (Å²) in [7, 11) is -3.85. The number of hydrogen-bond acceptors (Lipinski definition) is 4. The summed E-state index contributed by atoms with van der Waals surface area (Å²) >= 11 is 12.5. The Labute approximate surface area is 258 Å². The fraction of sp³-hybridized carbons (Fsp3) is 0.375. The van der Waals surface area contributed by atoms with Crippen molar-refractivity contribution in [3.8, 4) is 0 Å². The van der Waals surface area contributed by atoms with Crippen molar-refractivity contribution in [1.82, 2.24) is 10.2 Å². The van der Waals surface area contributed by atoms with Crippen LogP contribution in [-0.2, 0) is 32.6 Å². The second-order valence-electron chi connectivity index (χ2n) is 11.0. The second kappa shape index (κ2) is 13.9. The van der Waals surface area contributed by atoms with Crippen molar-refractivity contribution < 1.29 is 18.0 Å². The van der Waals surface area contributed by atoms with Gasteiger partial charge >= 0.3 is 0 Å². The molecular weight excluding hydrogens is 593 g/mol. The number of rotatable bonds is 11. The van der Waals surface area contributed by atoms with Crippen LogP contribution in [0.3, 0.4) is 0 Å². The zero-order valence-electron chi connectivity index (χ0n) is 24.1. The summed E-state index contributed by atoms with van der Waals surface area (Å²) in [4.78, 5) is 29.7. The maximum Gasteiger partial charge on any atom is 0.244 e. The Hall–Kier alpha value is -3.07. The molecule has 1 unspecified atom stereocenters. The number of carbonyl (C=O) groups excluding carboxylic acids is 2. The van der Waals surface area contributed by atoms with Crippen LogP contribution < -0.4 is 9.62 Å². The standard InChI is InChI=1S/C32H37Cl2N3O4S/c1-22-13-14-23(2)29(17-22)37(42(3,40)41)21-31(38)36(20-25-15-16-27(33)28(34)18-25)30(19-24-9-5-4-6-10-24)32(39)35-26-11-7-8-12-26/h4-6,9-10,13-18,26,30H,7-8,11-12,19-21H2,1-3H3,(H,35,39). The Kier molecular flexibility index (Phi) is 10.6. The third-order valence-corrected chi connectivity index (χ3v) is 9.49. The molecule has 10 heteroatoms. The van der Waals surface area contributed by atoms with Crippen LogP contribution in [0.5, 0.6) is 0 Å². The van der Waals surface area contributed by atoms with E-state index in [4.69, 9.17) is 23.2 Å². The quantitative estimate of drug-likeness (QED) is 0.279. The summed E-state index contributed by atoms with van der Waals surface area (Å²) in [5.74, 6) is -0.772. The van der Waals surface area contributed by atoms with Gasteiger partial charge in [0.25, 0.3) is 0 Å². The van der Waals surface area contributed by atoms with Crippen molar-refractivity contribution in [2.24, 2.45) is 0 Å². The minimum absolute atomic E-state index is 0.0374. The molecule has 2 amide bonds. The van der Waals surface area contributed by atoms with Crippen LogP contribution in [0.4, 0.5) is 5.69 Å². The van der Waals surface area contributed by atoms with Crippen LogP contribution in [0.25, 0.3) is 0 Å². The summed E-state index contributed by atoms with van der Waals surface area (Å²) in [6.45, 7) is 3.24. The van der Waals surface area contributed by atoms with Gasteiger partial charge in [0.1, 0.15) is 12.6 Å². The predicted molar refractivity (Wildman–Crippen MR) is 169 cm³/mol. The van der Waals surface area contributed by atoms with Crippen molar-refractivity contribution in [2.45, 2.75) is 64.6 Å². The van der Waals surface area contributed by atoms with E-state index in [-0.39, 0.29) is 24.9 Å². The zero-order valence-corrected chi connectivity index (χ0v) is 26.5. The lowest BCUT2D eigenvalue weighted by atomic mass is 10.0. The SMILES string of the molecule is Cc1ccc(C)c(N(CC(=O)N(Cc2ccc(Cl)c(Cl)c2)C(Cc2ccccc2)C(=O)NC2CCCC2)S(C)(=O)=O)c1. The number of aryl methyl sites for hydroxylation is 2. The minimum atomic E-state index is -3.85. The van der Waals surface area contributed by atoms with E-state index in [1.807, 2.05) is 49.4 Å². The first kappa shape index (κ1) is 31.9. The Bertz CT molecular complexity index is 1530. The van der Waals surface area contributed by atoms with E-state index >= 15 is 0 Å². The number of benzene rings is 3. The fourth-order valence-electron chi connectivity index (χ4n) is 5.34. The first-order valence-corrected chi connectivity index (χ1v) is 16.7. The third-order valence-electron chi connectivity index (χ3n) is 7.62. The highest BCUT2D eigenvalue weighted by atomic mass is 35.5. The Balaban J connectivity index is 1.76. The normalized spacial score (nSPS) is 14.4. The van der Waals surface area contributed by atoms with Crippen LogP contribution in [0.15, 0.2) is 66.7 Å². The molecule has 3 aromatic rings. The van der Waals surface area contributed by atoms with E-state index in [1.165, 1.54) is 4.90 Å². The number of carbonyl (C=O) groups is 2. The van der Waals surface area contributed by atoms with E-state index in [9.17, 15) is 18.0 Å². The van der Waals surface area contributed by atoms with Crippen LogP contribution >= 0.6 is 23.2 Å². The van der Waals surface area contributed by atoms with Crippen molar-refractivity contribution in [1.29, 1.82) is 0 Å². The molecule has 1 aliphatic rings. The molecule has 1 aliphatic carbocycles. The van der Waals surface area contributed by atoms with Gasteiger partial charge in [0.2, 0.25) is 21.8 Å². The summed E-state index contributed by atoms with van der Waals surface area (Å²) < 4.78 is 27.2. The molecule has 0 aromatic heterocycles. The van der Waals surface area contributed by atoms with Gasteiger partial charge in [0.15, 0.2) is 0 Å². The van der Waals surface area contributed by atoms with E-state index in [0.717, 1.165) is 52.9 Å². The molecule has 0 heterocycles. The number of halogens is 2. The number of nitrogens with zero attached hydrogens (tertiary/aromatic N) is 2. The third kappa shape index (κ3) is 8.27. The number of amides is 2. The van der Waals surface area contributed by atoms with Gasteiger partial charge in [0.05, 0.1) is 22.0 Å². The van der Waals surface area contributed by atoms with Gasteiger partial charge in [-0.2, -0.15) is 0 Å². The largest absolute Gasteiger partial charge is 0.352 e. The van der Waals surface area contributed by atoms with Gasteiger partial charge in [0, 0.05) is 19.0 Å². The van der Waals surface area contributed by atoms with Gasteiger partial charge in [-0.1, -0.05) is 84.6 Å². The molecule has 0 spiro atoms. The topological polar surface area (TPSA) is 86.8 Å². The highest BCUT2D eigenvalue weighted by molar-refractivity contribution is 7.92. The summed E-state index contributed by atoms with van der Waals surface area (Å²) in [5.41, 5.74) is 3.56. The summed E-state index contributed by atoms with van der Waals surface area (Å²) in [6, 6.07) is 19.2. The Morgan fingerprint density at radius 3 is 2.26 bits per heavy atom. The van der Waals surface area contributed by atoms with Crippen molar-refractivity contribution in [3.05, 3.63) is 99.0 Å². The van der Waals surface area contributed by atoms with Gasteiger partial charge in [-0.3, -0.25) is 13.9 Å². The molecule has 1 atom stereocenters. The Morgan fingerprint density at radius 2 is 1.62 bits per heavy atom. The second-order valence-corrected chi connectivity index (χ2v) is 13.7. The number of anilines is 1. The summed E-state index contributed by atoms with van der Waals surface area (Å²) in [5, 5.41) is 3.86. The first-order valence-electron chi connectivity index (χ1n) is 14.0. The molecule has 1 saturated carbocycles. The van der Waals surface area contributed by atoms with Crippen LogP contribution in [-0.4, -0.2) is 50.0 Å². The number of hydrogen-bond donors (Lipinski definition) is 1. The lowest BCUT2D eigenvalue weighted by Gasteiger charge is -2.34. The van der Waals surface area contributed by atoms with Crippen molar-refractivity contribution in [2.75, 3.05) is 17.1 Å². The van der Waals surface area contributed by atoms with Gasteiger partial charge in [-0.05, 0) is 67.1 Å². The molecule has 224 valence electrons. The molecule has 4 rings (SSSR count). The number of sulfonamides is 1. The Morgan fingerprint density at radius 1 is 0.929 bits per heavy atom. The van der Waals surface area contributed by atoms with Crippen LogP contribution in [0, 0.1) is 13.8 Å². The van der Waals surface area contributed by atoms with E-state index in [0.29, 0.717) is 21.3 Å². The summed E-state index contributed by atoms with van der Waals surface area (Å²) in [6.07, 6.45) is 5.20. The lowest BCUT2D eigenvalue weighted by Crippen LogP contribution is -2.54. The highest BCUT2D eigenvalue weighted by Gasteiger charge is 2.34. The molecule has 42 heavy (non-hydrogen) atoms. The molecule has 1 fully saturated rings. The van der Waals surface area contributed by atoms with Crippen LogP contribution in [0.1, 0.15) is 47.9 Å². The maximum absolute atomic E-state index is 14.3. The van der Waals surface area contributed by atoms with E-state index in [2.05, 4.69) is 5.32 Å². The van der Waals surface area contributed by atoms with Gasteiger partial charge in [-0.25, -0.2) is 8.42 Å². The first-order chi connectivity index (χ1) is 19.9. The van der Waals surface area contributed by atoms with Crippen molar-refractivity contribution >= 4 is 50.7 Å². The van der Waals surface area contributed by atoms with Gasteiger partial charge < -0.3 is 10.2 Å². The fourth-order valence-corrected chi connectivity index (χ4v) is 6.56. The smallest absolute Gasteiger partial charge is 0.244 e. The highest BCUT2D eigenvalue weighted by Crippen LogP contribution is 2.27. The lowest BCUT2D eigenvalue weighted by molar-refractivity contribution is -0.140. The van der Waals surface area contributed by atoms with E-state index < -0.39 is 28.5 Å². The molecule has 0 saturated heterocycles. The molecule has 0 bridgehead atoms.